The fraction of sp³-hybridized carbons (Fsp3) is 0.591. The van der Waals surface area contributed by atoms with Gasteiger partial charge < -0.3 is 15.7 Å². The summed E-state index contributed by atoms with van der Waals surface area (Å²) < 4.78 is 1.59. The number of nitrogens with zero attached hydrogens (tertiary/aromatic N) is 2. The number of thioether (sulfide) groups is 1. The Morgan fingerprint density at radius 2 is 1.81 bits per heavy atom. The largest absolute Gasteiger partial charge is 0.368 e. The van der Waals surface area contributed by atoms with Gasteiger partial charge in [0.15, 0.2) is 10.6 Å². The van der Waals surface area contributed by atoms with Gasteiger partial charge in [-0.25, -0.2) is 4.98 Å². The van der Waals surface area contributed by atoms with Crippen LogP contribution in [0, 0.1) is 16.2 Å². The van der Waals surface area contributed by atoms with E-state index in [0.29, 0.717) is 4.34 Å². The van der Waals surface area contributed by atoms with Crippen molar-refractivity contribution in [1.29, 1.82) is 0 Å². The lowest BCUT2D eigenvalue weighted by atomic mass is 9.86. The van der Waals surface area contributed by atoms with E-state index in [1.165, 1.54) is 18.4 Å². The number of aromatic nitrogens is 1. The first-order valence-electron chi connectivity index (χ1n) is 10.4. The zero-order chi connectivity index (χ0) is 24.5. The number of aliphatic hydroxyl groups is 1. The van der Waals surface area contributed by atoms with Gasteiger partial charge in [-0.15, -0.1) is 16.2 Å². The van der Waals surface area contributed by atoms with Gasteiger partial charge in [0.2, 0.25) is 11.8 Å². The van der Waals surface area contributed by atoms with Gasteiger partial charge in [-0.2, -0.15) is 0 Å². The van der Waals surface area contributed by atoms with Crippen LogP contribution in [-0.4, -0.2) is 46.5 Å². The highest BCUT2D eigenvalue weighted by Crippen LogP contribution is 2.34. The summed E-state index contributed by atoms with van der Waals surface area (Å²) in [5.41, 5.74) is 0.298. The predicted molar refractivity (Wildman–Crippen MR) is 132 cm³/mol. The van der Waals surface area contributed by atoms with Gasteiger partial charge in [-0.3, -0.25) is 9.59 Å². The lowest BCUT2D eigenvalue weighted by Gasteiger charge is -2.30. The minimum atomic E-state index is -1.57. The van der Waals surface area contributed by atoms with Crippen LogP contribution < -0.4 is 10.6 Å². The minimum Gasteiger partial charge on any atom is -0.368 e. The molecule has 0 aliphatic heterocycles. The molecule has 3 N–H and O–H groups in total. The maximum Gasteiger partial charge on any atom is 0.242 e. The third kappa shape index (κ3) is 9.22. The molecular weight excluding hydrogens is 448 g/mol. The molecule has 2 amide bonds. The number of benzene rings is 1. The molecule has 3 atom stereocenters. The number of para-hydroxylation sites is 1. The van der Waals surface area contributed by atoms with Crippen molar-refractivity contribution in [3.63, 3.8) is 0 Å². The molecule has 32 heavy (non-hydrogen) atoms. The van der Waals surface area contributed by atoms with Crippen LogP contribution in [0.3, 0.4) is 0 Å². The van der Waals surface area contributed by atoms with E-state index in [0.717, 1.165) is 27.9 Å². The summed E-state index contributed by atoms with van der Waals surface area (Å²) in [5.74, 6) is 0.0649. The van der Waals surface area contributed by atoms with Gasteiger partial charge in [0.25, 0.3) is 0 Å². The van der Waals surface area contributed by atoms with Crippen molar-refractivity contribution in [2.24, 2.45) is 16.5 Å². The van der Waals surface area contributed by atoms with Crippen LogP contribution in [-0.2, 0) is 9.59 Å². The maximum atomic E-state index is 12.5. The van der Waals surface area contributed by atoms with Crippen molar-refractivity contribution in [2.75, 3.05) is 7.05 Å². The number of fused-ring (bicyclic) bond motifs is 1. The number of rotatable bonds is 8. The summed E-state index contributed by atoms with van der Waals surface area (Å²) in [5, 5.41) is 17.1. The maximum absolute atomic E-state index is 12.5. The van der Waals surface area contributed by atoms with Crippen molar-refractivity contribution in [3.8, 4) is 0 Å². The van der Waals surface area contributed by atoms with Crippen LogP contribution in [0.15, 0.2) is 33.8 Å². The Kier molecular flexibility index (Phi) is 11.2. The predicted octanol–water partition coefficient (Wildman–Crippen LogP) is 4.17. The molecule has 2 unspecified atom stereocenters. The van der Waals surface area contributed by atoms with Gasteiger partial charge >= 0.3 is 0 Å². The summed E-state index contributed by atoms with van der Waals surface area (Å²) in [7, 11) is 1.50. The van der Waals surface area contributed by atoms with Gasteiger partial charge in [-0.05, 0) is 28.6 Å². The smallest absolute Gasteiger partial charge is 0.242 e. The summed E-state index contributed by atoms with van der Waals surface area (Å²) in [6.45, 7) is 12.0. The van der Waals surface area contributed by atoms with E-state index in [-0.39, 0.29) is 12.3 Å². The van der Waals surface area contributed by atoms with Gasteiger partial charge in [0.05, 0.1) is 15.5 Å². The Hall–Kier alpha value is -2.04. The molecule has 0 spiro atoms. The third-order valence-electron chi connectivity index (χ3n) is 4.03. The van der Waals surface area contributed by atoms with Gasteiger partial charge in [0.1, 0.15) is 6.04 Å². The summed E-state index contributed by atoms with van der Waals surface area (Å²) in [4.78, 5) is 40.0. The quantitative estimate of drug-likeness (QED) is 0.384. The van der Waals surface area contributed by atoms with E-state index in [9.17, 15) is 19.6 Å². The molecule has 178 valence electrons. The van der Waals surface area contributed by atoms with E-state index < -0.39 is 28.8 Å². The van der Waals surface area contributed by atoms with E-state index in [4.69, 9.17) is 0 Å². The number of hydrogen-bond acceptors (Lipinski definition) is 8. The van der Waals surface area contributed by atoms with Crippen LogP contribution >= 0.6 is 23.1 Å². The summed E-state index contributed by atoms with van der Waals surface area (Å²) >= 11 is 2.53. The van der Waals surface area contributed by atoms with E-state index >= 15 is 0 Å². The highest BCUT2D eigenvalue weighted by molar-refractivity contribution is 8.01. The highest BCUT2D eigenvalue weighted by Gasteiger charge is 2.34. The second kappa shape index (κ2) is 12.9. The second-order valence-electron chi connectivity index (χ2n) is 9.04. The number of carbonyl (C=O) groups is 2. The molecule has 8 nitrogen and oxygen atoms in total. The van der Waals surface area contributed by atoms with Crippen molar-refractivity contribution in [3.05, 3.63) is 29.2 Å². The molecular formula is C22H34N4O4S2. The fourth-order valence-corrected chi connectivity index (χ4v) is 4.87. The van der Waals surface area contributed by atoms with E-state index in [1.807, 2.05) is 45.0 Å². The molecule has 1 heterocycles. The first kappa shape index (κ1) is 28.0. The second-order valence-corrected chi connectivity index (χ2v) is 11.6. The molecule has 0 saturated heterocycles. The van der Waals surface area contributed by atoms with Crippen LogP contribution in [0.5, 0.6) is 0 Å². The summed E-state index contributed by atoms with van der Waals surface area (Å²) in [6, 6.07) is 6.80. The van der Waals surface area contributed by atoms with Crippen molar-refractivity contribution < 1.29 is 14.7 Å². The van der Waals surface area contributed by atoms with Crippen molar-refractivity contribution >= 4 is 45.1 Å². The number of nitroso groups, excluding NO2 is 1. The zero-order valence-corrected chi connectivity index (χ0v) is 21.3. The Morgan fingerprint density at radius 3 is 2.31 bits per heavy atom. The highest BCUT2D eigenvalue weighted by atomic mass is 32.2. The van der Waals surface area contributed by atoms with Gasteiger partial charge in [-0.1, -0.05) is 65.4 Å². The Morgan fingerprint density at radius 1 is 1.22 bits per heavy atom. The topological polar surface area (TPSA) is 121 Å². The Bertz CT molecular complexity index is 860. The molecule has 0 fully saturated rings. The lowest BCUT2D eigenvalue weighted by molar-refractivity contribution is -0.131. The molecule has 1 aromatic heterocycles. The summed E-state index contributed by atoms with van der Waals surface area (Å²) in [6.07, 6.45) is -1.76. The van der Waals surface area contributed by atoms with Crippen molar-refractivity contribution in [1.82, 2.24) is 15.6 Å². The van der Waals surface area contributed by atoms with Crippen LogP contribution in [0.1, 0.15) is 48.0 Å². The number of aliphatic hydroxyl groups excluding tert-OH is 1. The molecule has 0 bridgehead atoms. The van der Waals surface area contributed by atoms with Crippen molar-refractivity contribution in [2.45, 2.75) is 69.8 Å². The third-order valence-corrected chi connectivity index (χ3v) is 6.41. The average Bonchev–Trinajstić information content (AvgIpc) is 3.11. The number of carbonyl (C=O) groups excluding carboxylic acids is 2. The molecule has 0 saturated carbocycles. The molecule has 0 radical (unpaired) electrons. The number of amides is 2. The first-order valence-corrected chi connectivity index (χ1v) is 12.1. The first-order chi connectivity index (χ1) is 14.9. The molecule has 10 heteroatoms. The Labute approximate surface area is 197 Å². The minimum absolute atomic E-state index is 0.183. The number of thiazole rings is 1. The zero-order valence-electron chi connectivity index (χ0n) is 19.7. The van der Waals surface area contributed by atoms with E-state index in [1.54, 1.807) is 0 Å². The number of hydrogen-bond donors (Lipinski definition) is 3. The molecule has 1 aromatic carbocycles. The van der Waals surface area contributed by atoms with Gasteiger partial charge in [0, 0.05) is 13.5 Å². The normalized spacial score (nSPS) is 14.2. The fourth-order valence-electron chi connectivity index (χ4n) is 2.53. The van der Waals surface area contributed by atoms with E-state index in [2.05, 4.69) is 41.6 Å². The lowest BCUT2D eigenvalue weighted by Crippen LogP contribution is -2.53. The molecule has 2 rings (SSSR count). The van der Waals surface area contributed by atoms with Crippen LogP contribution in [0.2, 0.25) is 0 Å². The number of nitrogens with one attached hydrogen (secondary N) is 2. The number of likely N-dealkylation sites (N-methyl/N-ethyl adjacent to an activating group) is 1. The monoisotopic (exact) mass is 482 g/mol. The molecule has 2 aromatic rings. The van der Waals surface area contributed by atoms with Crippen LogP contribution in [0.25, 0.3) is 10.2 Å². The average molecular weight is 483 g/mol. The standard InChI is InChI=1S/C18H24N4O4S2.C4H10/c1-18(2,3)14(16(25)19-4)21-13(23)9-12(15(24)22-26)28-17-20-10-7-5-6-8-11(10)27-17;1-4(2)3/h5-8,12,14-15,24H,9H2,1-4H3,(H,19,25)(H,21,23);4H,1-3H3/t12?,14-,15?;/m1./s1. The van der Waals surface area contributed by atoms with Crippen LogP contribution in [0.4, 0.5) is 0 Å². The SMILES string of the molecule is CC(C)C.CNC(=O)[C@@H](NC(=O)CC(Sc1nc2ccccc2s1)C(O)N=O)C(C)(C)C. The molecule has 0 aliphatic carbocycles. The Balaban J connectivity index is 0.00000118. The molecule has 0 aliphatic rings.